The molecule has 0 unspecified atom stereocenters. The fourth-order valence-electron chi connectivity index (χ4n) is 1.57. The Kier molecular flexibility index (Phi) is 3.36. The van der Waals surface area contributed by atoms with E-state index in [9.17, 15) is 0 Å². The van der Waals surface area contributed by atoms with Crippen molar-refractivity contribution >= 4 is 11.3 Å². The molecule has 16 heavy (non-hydrogen) atoms. The van der Waals surface area contributed by atoms with E-state index in [1.807, 2.05) is 13.2 Å². The maximum atomic E-state index is 4.39. The largest absolute Gasteiger partial charge is 0.314 e. The molecule has 84 valence electrons. The minimum Gasteiger partial charge on any atom is -0.314 e. The summed E-state index contributed by atoms with van der Waals surface area (Å²) in [6.45, 7) is 5.13. The van der Waals surface area contributed by atoms with Crippen LogP contribution in [0, 0.1) is 13.8 Å². The van der Waals surface area contributed by atoms with E-state index in [1.165, 1.54) is 21.6 Å². The molecule has 0 aliphatic carbocycles. The van der Waals surface area contributed by atoms with Crippen LogP contribution >= 0.6 is 11.3 Å². The van der Waals surface area contributed by atoms with Crippen molar-refractivity contribution in [3.05, 3.63) is 40.5 Å². The van der Waals surface area contributed by atoms with E-state index in [0.29, 0.717) is 0 Å². The molecule has 3 heteroatoms. The van der Waals surface area contributed by atoms with Crippen LogP contribution in [0.15, 0.2) is 24.4 Å². The topological polar surface area (TPSA) is 24.9 Å². The first-order chi connectivity index (χ1) is 7.70. The molecule has 2 rings (SSSR count). The van der Waals surface area contributed by atoms with Gasteiger partial charge in [-0.25, -0.2) is 4.98 Å². The fourth-order valence-corrected chi connectivity index (χ4v) is 2.50. The molecule has 0 radical (unpaired) electrons. The number of nitrogens with one attached hydrogen (secondary N) is 1. The highest BCUT2D eigenvalue weighted by Crippen LogP contribution is 2.27. The molecule has 1 aromatic carbocycles. The molecular formula is C13H16N2S. The highest BCUT2D eigenvalue weighted by molar-refractivity contribution is 7.15. The second-order valence-electron chi connectivity index (χ2n) is 3.95. The van der Waals surface area contributed by atoms with Gasteiger partial charge in [-0.3, -0.25) is 0 Å². The zero-order valence-corrected chi connectivity index (χ0v) is 10.7. The second-order valence-corrected chi connectivity index (χ2v) is 5.06. The van der Waals surface area contributed by atoms with Crippen LogP contribution in [0.4, 0.5) is 0 Å². The second kappa shape index (κ2) is 4.76. The monoisotopic (exact) mass is 232 g/mol. The van der Waals surface area contributed by atoms with Gasteiger partial charge in [-0.05, 0) is 37.6 Å². The lowest BCUT2D eigenvalue weighted by atomic mass is 10.1. The minimum absolute atomic E-state index is 0.843. The van der Waals surface area contributed by atoms with Crippen LogP contribution < -0.4 is 5.32 Å². The standard InChI is InChI=1S/C13H16N2S/c1-9-4-5-11(6-10(9)2)12-7-15-13(16-12)8-14-3/h4-7,14H,8H2,1-3H3. The van der Waals surface area contributed by atoms with Gasteiger partial charge in [0, 0.05) is 12.7 Å². The molecule has 0 spiro atoms. The fraction of sp³-hybridized carbons (Fsp3) is 0.308. The Morgan fingerprint density at radius 3 is 2.75 bits per heavy atom. The first-order valence-electron chi connectivity index (χ1n) is 5.37. The van der Waals surface area contributed by atoms with Crippen LogP contribution in [0.5, 0.6) is 0 Å². The van der Waals surface area contributed by atoms with Gasteiger partial charge in [0.05, 0.1) is 4.88 Å². The summed E-state index contributed by atoms with van der Waals surface area (Å²) in [6, 6.07) is 6.56. The van der Waals surface area contributed by atoms with Gasteiger partial charge in [-0.1, -0.05) is 18.2 Å². The van der Waals surface area contributed by atoms with E-state index in [0.717, 1.165) is 11.6 Å². The number of benzene rings is 1. The Labute approximate surface area is 100 Å². The van der Waals surface area contributed by atoms with Crippen LogP contribution in [0.3, 0.4) is 0 Å². The third-order valence-corrected chi connectivity index (χ3v) is 3.72. The van der Waals surface area contributed by atoms with Gasteiger partial charge >= 0.3 is 0 Å². The number of aryl methyl sites for hydroxylation is 2. The van der Waals surface area contributed by atoms with Crippen molar-refractivity contribution in [1.29, 1.82) is 0 Å². The number of rotatable bonds is 3. The van der Waals surface area contributed by atoms with Crippen molar-refractivity contribution in [2.45, 2.75) is 20.4 Å². The number of hydrogen-bond donors (Lipinski definition) is 1. The summed E-state index contributed by atoms with van der Waals surface area (Å²) in [6.07, 6.45) is 1.96. The van der Waals surface area contributed by atoms with Crippen LogP contribution in [0.1, 0.15) is 16.1 Å². The van der Waals surface area contributed by atoms with E-state index >= 15 is 0 Å². The molecule has 0 amide bonds. The third kappa shape index (κ3) is 2.31. The quantitative estimate of drug-likeness (QED) is 0.879. The van der Waals surface area contributed by atoms with Crippen molar-refractivity contribution in [3.63, 3.8) is 0 Å². The average Bonchev–Trinajstić information content (AvgIpc) is 2.71. The lowest BCUT2D eigenvalue weighted by Crippen LogP contribution is -2.03. The number of hydrogen-bond acceptors (Lipinski definition) is 3. The van der Waals surface area contributed by atoms with Crippen molar-refractivity contribution < 1.29 is 0 Å². The normalized spacial score (nSPS) is 10.7. The maximum absolute atomic E-state index is 4.39. The molecule has 0 saturated heterocycles. The molecule has 0 bridgehead atoms. The predicted octanol–water partition coefficient (Wildman–Crippen LogP) is 3.15. The highest BCUT2D eigenvalue weighted by atomic mass is 32.1. The smallest absolute Gasteiger partial charge is 0.107 e. The van der Waals surface area contributed by atoms with E-state index in [-0.39, 0.29) is 0 Å². The molecule has 0 aliphatic heterocycles. The first kappa shape index (κ1) is 11.3. The van der Waals surface area contributed by atoms with Gasteiger partial charge < -0.3 is 5.32 Å². The number of thiazole rings is 1. The molecule has 2 aromatic rings. The summed E-state index contributed by atoms with van der Waals surface area (Å²) in [5.74, 6) is 0. The summed E-state index contributed by atoms with van der Waals surface area (Å²) in [7, 11) is 1.94. The lowest BCUT2D eigenvalue weighted by molar-refractivity contribution is 0.810. The van der Waals surface area contributed by atoms with Crippen molar-refractivity contribution in [2.24, 2.45) is 0 Å². The lowest BCUT2D eigenvalue weighted by Gasteiger charge is -2.02. The van der Waals surface area contributed by atoms with Gasteiger partial charge in [0.15, 0.2) is 0 Å². The summed E-state index contributed by atoms with van der Waals surface area (Å²) in [5, 5.41) is 4.25. The Balaban J connectivity index is 2.31. The van der Waals surface area contributed by atoms with E-state index < -0.39 is 0 Å². The van der Waals surface area contributed by atoms with Gasteiger partial charge in [-0.15, -0.1) is 11.3 Å². The van der Waals surface area contributed by atoms with Crippen molar-refractivity contribution in [1.82, 2.24) is 10.3 Å². The molecular weight excluding hydrogens is 216 g/mol. The summed E-state index contributed by atoms with van der Waals surface area (Å²) < 4.78 is 0. The SMILES string of the molecule is CNCc1ncc(-c2ccc(C)c(C)c2)s1. The van der Waals surface area contributed by atoms with E-state index in [2.05, 4.69) is 42.3 Å². The summed E-state index contributed by atoms with van der Waals surface area (Å²) >= 11 is 1.75. The maximum Gasteiger partial charge on any atom is 0.107 e. The molecule has 0 aliphatic rings. The molecule has 0 saturated carbocycles. The van der Waals surface area contributed by atoms with Gasteiger partial charge in [0.2, 0.25) is 0 Å². The van der Waals surface area contributed by atoms with Gasteiger partial charge in [-0.2, -0.15) is 0 Å². The van der Waals surface area contributed by atoms with Crippen LogP contribution in [-0.4, -0.2) is 12.0 Å². The Hall–Kier alpha value is -1.19. The summed E-state index contributed by atoms with van der Waals surface area (Å²) in [4.78, 5) is 5.63. The minimum atomic E-state index is 0.843. The zero-order chi connectivity index (χ0) is 11.5. The molecule has 1 aromatic heterocycles. The molecule has 1 N–H and O–H groups in total. The Morgan fingerprint density at radius 1 is 1.25 bits per heavy atom. The van der Waals surface area contributed by atoms with Crippen LogP contribution in [0.2, 0.25) is 0 Å². The summed E-state index contributed by atoms with van der Waals surface area (Å²) in [5.41, 5.74) is 3.94. The van der Waals surface area contributed by atoms with E-state index in [4.69, 9.17) is 0 Å². The molecule has 1 heterocycles. The predicted molar refractivity (Wildman–Crippen MR) is 69.8 cm³/mol. The molecule has 0 atom stereocenters. The van der Waals surface area contributed by atoms with Crippen molar-refractivity contribution in [3.8, 4) is 10.4 Å². The van der Waals surface area contributed by atoms with Crippen LogP contribution in [-0.2, 0) is 6.54 Å². The number of aromatic nitrogens is 1. The Morgan fingerprint density at radius 2 is 2.06 bits per heavy atom. The average molecular weight is 232 g/mol. The third-order valence-electron chi connectivity index (χ3n) is 2.67. The first-order valence-corrected chi connectivity index (χ1v) is 6.19. The zero-order valence-electron chi connectivity index (χ0n) is 9.87. The Bertz CT molecular complexity index is 488. The molecule has 2 nitrogen and oxygen atoms in total. The molecule has 0 fully saturated rings. The van der Waals surface area contributed by atoms with Gasteiger partial charge in [0.1, 0.15) is 5.01 Å². The van der Waals surface area contributed by atoms with Crippen LogP contribution in [0.25, 0.3) is 10.4 Å². The van der Waals surface area contributed by atoms with Gasteiger partial charge in [0.25, 0.3) is 0 Å². The van der Waals surface area contributed by atoms with E-state index in [1.54, 1.807) is 11.3 Å². The highest BCUT2D eigenvalue weighted by Gasteiger charge is 2.04. The number of nitrogens with zero attached hydrogens (tertiary/aromatic N) is 1. The van der Waals surface area contributed by atoms with Crippen molar-refractivity contribution in [2.75, 3.05) is 7.05 Å².